The fraction of sp³-hybridized carbons (Fsp3) is 0.192. The Morgan fingerprint density at radius 2 is 1.44 bits per heavy atom. The standard InChI is InChI=1S/C26H28N4O4/c1-29(2)22-15-18(9-11-20(22)27-17-34-25-8-6-14-33-25)19-10-12-21(23(16-19)30(3)4)28-26(31)24-7-5-13-32-24/h5-16,27H,17H2,1-4H3,(H,28,31). The van der Waals surface area contributed by atoms with Gasteiger partial charge in [0.1, 0.15) is 0 Å². The van der Waals surface area contributed by atoms with Gasteiger partial charge in [0.25, 0.3) is 11.9 Å². The summed E-state index contributed by atoms with van der Waals surface area (Å²) in [6.45, 7) is 0.280. The minimum atomic E-state index is -0.289. The van der Waals surface area contributed by atoms with Gasteiger partial charge in [-0.1, -0.05) is 12.1 Å². The molecule has 0 bridgehead atoms. The van der Waals surface area contributed by atoms with Crippen molar-refractivity contribution in [3.8, 4) is 17.1 Å². The quantitative estimate of drug-likeness (QED) is 0.325. The van der Waals surface area contributed by atoms with Crippen LogP contribution in [-0.2, 0) is 0 Å². The second-order valence-electron chi connectivity index (χ2n) is 8.08. The van der Waals surface area contributed by atoms with Crippen LogP contribution in [-0.4, -0.2) is 40.8 Å². The molecule has 4 aromatic rings. The molecule has 0 spiro atoms. The Kier molecular flexibility index (Phi) is 6.77. The van der Waals surface area contributed by atoms with E-state index in [0.29, 0.717) is 11.6 Å². The summed E-state index contributed by atoms with van der Waals surface area (Å²) >= 11 is 0. The lowest BCUT2D eigenvalue weighted by atomic mass is 10.0. The van der Waals surface area contributed by atoms with Crippen LogP contribution in [0.5, 0.6) is 5.95 Å². The first-order valence-corrected chi connectivity index (χ1v) is 10.8. The summed E-state index contributed by atoms with van der Waals surface area (Å²) in [5.74, 6) is 0.442. The van der Waals surface area contributed by atoms with Gasteiger partial charge in [0.05, 0.1) is 35.3 Å². The van der Waals surface area contributed by atoms with E-state index in [4.69, 9.17) is 13.6 Å². The topological polar surface area (TPSA) is 83.1 Å². The second kappa shape index (κ2) is 10.1. The summed E-state index contributed by atoms with van der Waals surface area (Å²) in [5, 5.41) is 6.23. The maximum Gasteiger partial charge on any atom is 0.291 e. The van der Waals surface area contributed by atoms with Crippen molar-refractivity contribution in [2.75, 3.05) is 55.4 Å². The van der Waals surface area contributed by atoms with Gasteiger partial charge in [-0.05, 0) is 53.6 Å². The molecule has 0 aliphatic heterocycles. The Morgan fingerprint density at radius 3 is 2.03 bits per heavy atom. The van der Waals surface area contributed by atoms with Crippen molar-refractivity contribution in [3.05, 3.63) is 79.0 Å². The van der Waals surface area contributed by atoms with E-state index in [1.807, 2.05) is 56.2 Å². The number of nitrogens with zero attached hydrogens (tertiary/aromatic N) is 2. The van der Waals surface area contributed by atoms with E-state index in [9.17, 15) is 4.79 Å². The molecular weight excluding hydrogens is 432 g/mol. The number of carbonyl (C=O) groups excluding carboxylic acids is 1. The first-order valence-electron chi connectivity index (χ1n) is 10.8. The number of rotatable bonds is 9. The van der Waals surface area contributed by atoms with Crippen LogP contribution in [0.3, 0.4) is 0 Å². The average Bonchev–Trinajstić information content (AvgIpc) is 3.54. The van der Waals surface area contributed by atoms with Gasteiger partial charge in [-0.2, -0.15) is 0 Å². The van der Waals surface area contributed by atoms with E-state index < -0.39 is 0 Å². The number of carbonyl (C=O) groups is 1. The summed E-state index contributed by atoms with van der Waals surface area (Å²) in [4.78, 5) is 16.5. The Morgan fingerprint density at radius 1 is 0.824 bits per heavy atom. The third-order valence-corrected chi connectivity index (χ3v) is 5.26. The van der Waals surface area contributed by atoms with E-state index in [0.717, 1.165) is 28.2 Å². The van der Waals surface area contributed by atoms with Gasteiger partial charge in [-0.25, -0.2) is 0 Å². The Bertz CT molecular complexity index is 1230. The number of benzene rings is 2. The van der Waals surface area contributed by atoms with Gasteiger partial charge in [0.2, 0.25) is 0 Å². The zero-order valence-corrected chi connectivity index (χ0v) is 19.7. The molecule has 1 amide bonds. The van der Waals surface area contributed by atoms with E-state index in [1.54, 1.807) is 30.5 Å². The van der Waals surface area contributed by atoms with E-state index in [1.165, 1.54) is 6.26 Å². The highest BCUT2D eigenvalue weighted by Gasteiger charge is 2.15. The molecule has 0 unspecified atom stereocenters. The lowest BCUT2D eigenvalue weighted by Gasteiger charge is -2.21. The van der Waals surface area contributed by atoms with Crippen LogP contribution in [0, 0.1) is 0 Å². The van der Waals surface area contributed by atoms with Crippen molar-refractivity contribution in [1.82, 2.24) is 0 Å². The molecule has 0 aliphatic rings. The van der Waals surface area contributed by atoms with Gasteiger partial charge >= 0.3 is 0 Å². The Balaban J connectivity index is 1.56. The molecule has 2 N–H and O–H groups in total. The fourth-order valence-electron chi connectivity index (χ4n) is 3.54. The molecule has 8 nitrogen and oxygen atoms in total. The maximum atomic E-state index is 12.5. The first kappa shape index (κ1) is 22.8. The predicted molar refractivity (Wildman–Crippen MR) is 135 cm³/mol. The molecule has 34 heavy (non-hydrogen) atoms. The highest BCUT2D eigenvalue weighted by atomic mass is 16.6. The van der Waals surface area contributed by atoms with Crippen molar-refractivity contribution in [2.45, 2.75) is 0 Å². The molecule has 0 saturated heterocycles. The molecular formula is C26H28N4O4. The van der Waals surface area contributed by atoms with Crippen molar-refractivity contribution in [3.63, 3.8) is 0 Å². The van der Waals surface area contributed by atoms with Crippen LogP contribution in [0.4, 0.5) is 22.7 Å². The smallest absolute Gasteiger partial charge is 0.291 e. The molecule has 0 fully saturated rings. The summed E-state index contributed by atoms with van der Waals surface area (Å²) in [7, 11) is 7.88. The maximum absolute atomic E-state index is 12.5. The number of furan rings is 2. The van der Waals surface area contributed by atoms with Gasteiger partial charge in [-0.3, -0.25) is 4.79 Å². The molecule has 2 heterocycles. The van der Waals surface area contributed by atoms with Crippen LogP contribution in [0.15, 0.2) is 82.0 Å². The number of amides is 1. The molecule has 2 aromatic carbocycles. The normalized spacial score (nSPS) is 10.6. The number of ether oxygens (including phenoxy) is 1. The van der Waals surface area contributed by atoms with Crippen LogP contribution >= 0.6 is 0 Å². The Labute approximate surface area is 198 Å². The lowest BCUT2D eigenvalue weighted by Crippen LogP contribution is -2.16. The van der Waals surface area contributed by atoms with Gasteiger partial charge < -0.3 is 34.0 Å². The molecule has 2 aromatic heterocycles. The summed E-state index contributed by atoms with van der Waals surface area (Å²) in [5.41, 5.74) is 5.63. The molecule has 0 radical (unpaired) electrons. The molecule has 0 aliphatic carbocycles. The zero-order chi connectivity index (χ0) is 24.1. The molecule has 8 heteroatoms. The first-order chi connectivity index (χ1) is 16.4. The highest BCUT2D eigenvalue weighted by molar-refractivity contribution is 6.04. The summed E-state index contributed by atoms with van der Waals surface area (Å²) < 4.78 is 16.0. The third-order valence-electron chi connectivity index (χ3n) is 5.26. The fourth-order valence-corrected chi connectivity index (χ4v) is 3.54. The average molecular weight is 461 g/mol. The second-order valence-corrected chi connectivity index (χ2v) is 8.08. The minimum Gasteiger partial charge on any atom is -0.459 e. The molecule has 0 saturated carbocycles. The number of anilines is 4. The van der Waals surface area contributed by atoms with Crippen LogP contribution in [0.1, 0.15) is 10.6 Å². The van der Waals surface area contributed by atoms with Crippen LogP contribution in [0.25, 0.3) is 11.1 Å². The molecule has 0 atom stereocenters. The van der Waals surface area contributed by atoms with Crippen molar-refractivity contribution in [2.24, 2.45) is 0 Å². The monoisotopic (exact) mass is 460 g/mol. The largest absolute Gasteiger partial charge is 0.459 e. The van der Waals surface area contributed by atoms with Crippen LogP contribution < -0.4 is 25.2 Å². The Hall–Kier alpha value is -4.33. The van der Waals surface area contributed by atoms with Gasteiger partial charge in [0.15, 0.2) is 12.5 Å². The molecule has 4 rings (SSSR count). The number of nitrogens with one attached hydrogen (secondary N) is 2. The van der Waals surface area contributed by atoms with E-state index >= 15 is 0 Å². The van der Waals surface area contributed by atoms with Crippen molar-refractivity contribution < 1.29 is 18.4 Å². The highest BCUT2D eigenvalue weighted by Crippen LogP contribution is 2.35. The molecule has 176 valence electrons. The van der Waals surface area contributed by atoms with Crippen molar-refractivity contribution >= 4 is 28.7 Å². The van der Waals surface area contributed by atoms with Gasteiger partial charge in [0, 0.05) is 34.3 Å². The van der Waals surface area contributed by atoms with E-state index in [2.05, 4.69) is 28.8 Å². The SMILES string of the molecule is CN(C)c1cc(-c2ccc(NC(=O)c3ccco3)c(N(C)C)c2)ccc1NCOc1ccco1. The van der Waals surface area contributed by atoms with Crippen molar-refractivity contribution in [1.29, 1.82) is 0 Å². The predicted octanol–water partition coefficient (Wildman–Crippen LogP) is 5.37. The summed E-state index contributed by atoms with van der Waals surface area (Å²) in [6, 6.07) is 19.0. The van der Waals surface area contributed by atoms with E-state index in [-0.39, 0.29) is 18.4 Å². The minimum absolute atomic E-state index is 0.267. The number of hydrogen-bond donors (Lipinski definition) is 2. The van der Waals surface area contributed by atoms with Crippen LogP contribution in [0.2, 0.25) is 0 Å². The third kappa shape index (κ3) is 5.17. The van der Waals surface area contributed by atoms with Gasteiger partial charge in [-0.15, -0.1) is 0 Å². The summed E-state index contributed by atoms with van der Waals surface area (Å²) in [6.07, 6.45) is 3.06. The number of hydrogen-bond acceptors (Lipinski definition) is 7. The lowest BCUT2D eigenvalue weighted by molar-refractivity contribution is 0.0996. The zero-order valence-electron chi connectivity index (χ0n) is 19.7.